The molecule has 1 saturated heterocycles. The summed E-state index contributed by atoms with van der Waals surface area (Å²) in [6.07, 6.45) is 1.70. The lowest BCUT2D eigenvalue weighted by Gasteiger charge is -2.25. The van der Waals surface area contributed by atoms with Gasteiger partial charge in [0.1, 0.15) is 0 Å². The molecule has 31 heavy (non-hydrogen) atoms. The summed E-state index contributed by atoms with van der Waals surface area (Å²) >= 11 is 0. The van der Waals surface area contributed by atoms with Gasteiger partial charge in [-0.1, -0.05) is 62.4 Å². The zero-order valence-electron chi connectivity index (χ0n) is 18.4. The minimum Gasteiger partial charge on any atom is -0.455 e. The Bertz CT molecular complexity index is 920. The fourth-order valence-corrected chi connectivity index (χ4v) is 4.01. The zero-order valence-corrected chi connectivity index (χ0v) is 18.4. The molecule has 164 valence electrons. The van der Waals surface area contributed by atoms with E-state index < -0.39 is 11.9 Å². The number of ether oxygens (including phenoxy) is 1. The fourth-order valence-electron chi connectivity index (χ4n) is 4.01. The van der Waals surface area contributed by atoms with Crippen molar-refractivity contribution < 1.29 is 19.1 Å². The molecule has 2 amide bonds. The Morgan fingerprint density at radius 2 is 1.71 bits per heavy atom. The number of carbonyl (C=O) groups is 3. The number of anilines is 1. The molecule has 0 unspecified atom stereocenters. The summed E-state index contributed by atoms with van der Waals surface area (Å²) in [4.78, 5) is 39.1. The Hall–Kier alpha value is -3.15. The minimum absolute atomic E-state index is 0.0767. The second kappa shape index (κ2) is 10.2. The lowest BCUT2D eigenvalue weighted by Crippen LogP contribution is -2.30. The highest BCUT2D eigenvalue weighted by Gasteiger charge is 2.38. The third-order valence-electron chi connectivity index (χ3n) is 5.85. The molecule has 1 aliphatic heterocycles. The van der Waals surface area contributed by atoms with Crippen LogP contribution in [0.4, 0.5) is 5.69 Å². The van der Waals surface area contributed by atoms with Crippen LogP contribution in [0, 0.1) is 5.92 Å². The smallest absolute Gasteiger partial charge is 0.311 e. The first-order valence-electron chi connectivity index (χ1n) is 10.9. The van der Waals surface area contributed by atoms with Crippen LogP contribution >= 0.6 is 0 Å². The SMILES string of the molecule is CCc1cccc(CC)c1NC(=O)COC(=O)[C@H]1CC(=O)N([C@H](C)c2ccccc2)C1. The maximum Gasteiger partial charge on any atom is 0.311 e. The van der Waals surface area contributed by atoms with Crippen molar-refractivity contribution >= 4 is 23.5 Å². The third kappa shape index (κ3) is 5.32. The van der Waals surface area contributed by atoms with Crippen LogP contribution in [0.3, 0.4) is 0 Å². The predicted octanol–water partition coefficient (Wildman–Crippen LogP) is 3.90. The first kappa shape index (κ1) is 22.5. The standard InChI is InChI=1S/C25H30N2O4/c1-4-18-12-9-13-19(5-2)24(18)26-22(28)16-31-25(30)21-14-23(29)27(15-21)17(3)20-10-7-6-8-11-20/h6-13,17,21H,4-5,14-16H2,1-3H3,(H,26,28)/t17-,21+/m1/s1. The highest BCUT2D eigenvalue weighted by atomic mass is 16.5. The lowest BCUT2D eigenvalue weighted by molar-refractivity contribution is -0.151. The molecule has 6 heteroatoms. The van der Waals surface area contributed by atoms with Crippen LogP contribution in [0.1, 0.15) is 49.9 Å². The molecule has 0 radical (unpaired) electrons. The number of nitrogens with zero attached hydrogens (tertiary/aromatic N) is 1. The van der Waals surface area contributed by atoms with Gasteiger partial charge in [-0.3, -0.25) is 14.4 Å². The molecular formula is C25H30N2O4. The average Bonchev–Trinajstić information content (AvgIpc) is 3.19. The Labute approximate surface area is 183 Å². The number of aryl methyl sites for hydroxylation is 2. The van der Waals surface area contributed by atoms with Crippen LogP contribution in [0.5, 0.6) is 0 Å². The van der Waals surface area contributed by atoms with Crippen LogP contribution < -0.4 is 5.32 Å². The number of para-hydroxylation sites is 1. The summed E-state index contributed by atoms with van der Waals surface area (Å²) in [5.74, 6) is -1.51. The van der Waals surface area contributed by atoms with Gasteiger partial charge in [-0.25, -0.2) is 0 Å². The molecule has 0 saturated carbocycles. The first-order chi connectivity index (χ1) is 14.9. The number of esters is 1. The summed E-state index contributed by atoms with van der Waals surface area (Å²) in [6.45, 7) is 5.95. The highest BCUT2D eigenvalue weighted by molar-refractivity contribution is 5.95. The van der Waals surface area contributed by atoms with Gasteiger partial charge in [0.25, 0.3) is 5.91 Å². The molecule has 0 spiro atoms. The fraction of sp³-hybridized carbons (Fsp3) is 0.400. The molecule has 0 aliphatic carbocycles. The summed E-state index contributed by atoms with van der Waals surface area (Å²) in [5, 5.41) is 2.89. The van der Waals surface area contributed by atoms with Crippen molar-refractivity contribution in [1.29, 1.82) is 0 Å². The van der Waals surface area contributed by atoms with E-state index in [0.717, 1.165) is 35.2 Å². The molecule has 2 aromatic carbocycles. The number of hydrogen-bond donors (Lipinski definition) is 1. The number of carbonyl (C=O) groups excluding carboxylic acids is 3. The molecule has 0 bridgehead atoms. The largest absolute Gasteiger partial charge is 0.455 e. The molecule has 2 atom stereocenters. The number of nitrogens with one attached hydrogen (secondary N) is 1. The topological polar surface area (TPSA) is 75.7 Å². The van der Waals surface area contributed by atoms with Crippen LogP contribution in [0.15, 0.2) is 48.5 Å². The van der Waals surface area contributed by atoms with Gasteiger partial charge >= 0.3 is 5.97 Å². The van der Waals surface area contributed by atoms with Gasteiger partial charge in [0.2, 0.25) is 5.91 Å². The Morgan fingerprint density at radius 1 is 1.06 bits per heavy atom. The number of rotatable bonds is 8. The van der Waals surface area contributed by atoms with E-state index in [-0.39, 0.29) is 30.9 Å². The van der Waals surface area contributed by atoms with E-state index in [2.05, 4.69) is 5.32 Å². The summed E-state index contributed by atoms with van der Waals surface area (Å²) in [7, 11) is 0. The van der Waals surface area contributed by atoms with E-state index in [1.807, 2.05) is 69.3 Å². The van der Waals surface area contributed by atoms with Crippen LogP contribution in [-0.4, -0.2) is 35.8 Å². The second-order valence-electron chi connectivity index (χ2n) is 7.85. The van der Waals surface area contributed by atoms with Gasteiger partial charge in [0, 0.05) is 18.7 Å². The van der Waals surface area contributed by atoms with Crippen molar-refractivity contribution in [1.82, 2.24) is 4.90 Å². The maximum atomic E-state index is 12.5. The van der Waals surface area contributed by atoms with E-state index >= 15 is 0 Å². The highest BCUT2D eigenvalue weighted by Crippen LogP contribution is 2.29. The summed E-state index contributed by atoms with van der Waals surface area (Å²) in [5.41, 5.74) is 3.91. The second-order valence-corrected chi connectivity index (χ2v) is 7.85. The van der Waals surface area contributed by atoms with Gasteiger partial charge in [-0.15, -0.1) is 0 Å². The number of amides is 2. The third-order valence-corrected chi connectivity index (χ3v) is 5.85. The Morgan fingerprint density at radius 3 is 2.32 bits per heavy atom. The van der Waals surface area contributed by atoms with Crippen molar-refractivity contribution in [3.05, 3.63) is 65.2 Å². The van der Waals surface area contributed by atoms with Gasteiger partial charge < -0.3 is 15.0 Å². The first-order valence-corrected chi connectivity index (χ1v) is 10.9. The monoisotopic (exact) mass is 422 g/mol. The molecule has 0 aromatic heterocycles. The average molecular weight is 423 g/mol. The molecule has 6 nitrogen and oxygen atoms in total. The van der Waals surface area contributed by atoms with Crippen LogP contribution in [0.2, 0.25) is 0 Å². The number of hydrogen-bond acceptors (Lipinski definition) is 4. The molecule has 1 heterocycles. The van der Waals surface area contributed by atoms with E-state index in [1.54, 1.807) is 4.90 Å². The maximum absolute atomic E-state index is 12.5. The van der Waals surface area contributed by atoms with Gasteiger partial charge in [-0.2, -0.15) is 0 Å². The molecule has 3 rings (SSSR count). The number of likely N-dealkylation sites (tertiary alicyclic amines) is 1. The van der Waals surface area contributed by atoms with Gasteiger partial charge in [-0.05, 0) is 36.5 Å². The molecule has 2 aromatic rings. The Kier molecular flexibility index (Phi) is 7.45. The van der Waals surface area contributed by atoms with Crippen molar-refractivity contribution in [2.45, 2.75) is 46.1 Å². The molecule has 1 fully saturated rings. The van der Waals surface area contributed by atoms with Crippen LogP contribution in [0.25, 0.3) is 0 Å². The molecule has 1 aliphatic rings. The Balaban J connectivity index is 1.56. The van der Waals surface area contributed by atoms with E-state index in [9.17, 15) is 14.4 Å². The van der Waals surface area contributed by atoms with Crippen molar-refractivity contribution in [3.8, 4) is 0 Å². The van der Waals surface area contributed by atoms with Crippen molar-refractivity contribution in [3.63, 3.8) is 0 Å². The quantitative estimate of drug-likeness (QED) is 0.655. The van der Waals surface area contributed by atoms with Crippen LogP contribution in [-0.2, 0) is 32.0 Å². The lowest BCUT2D eigenvalue weighted by atomic mass is 10.0. The normalized spacial score (nSPS) is 16.8. The predicted molar refractivity (Wildman–Crippen MR) is 119 cm³/mol. The molecule has 1 N–H and O–H groups in total. The zero-order chi connectivity index (χ0) is 22.4. The van der Waals surface area contributed by atoms with E-state index in [1.165, 1.54) is 0 Å². The van der Waals surface area contributed by atoms with Gasteiger partial charge in [0.15, 0.2) is 6.61 Å². The van der Waals surface area contributed by atoms with Crippen molar-refractivity contribution in [2.75, 3.05) is 18.5 Å². The summed E-state index contributed by atoms with van der Waals surface area (Å²) in [6, 6.07) is 15.5. The van der Waals surface area contributed by atoms with E-state index in [4.69, 9.17) is 4.74 Å². The minimum atomic E-state index is -0.555. The van der Waals surface area contributed by atoms with E-state index in [0.29, 0.717) is 6.54 Å². The summed E-state index contributed by atoms with van der Waals surface area (Å²) < 4.78 is 5.26. The van der Waals surface area contributed by atoms with Crippen molar-refractivity contribution in [2.24, 2.45) is 5.92 Å². The molecular weight excluding hydrogens is 392 g/mol. The number of benzene rings is 2. The van der Waals surface area contributed by atoms with Gasteiger partial charge in [0.05, 0.1) is 12.0 Å².